The van der Waals surface area contributed by atoms with Crippen molar-refractivity contribution in [1.29, 1.82) is 0 Å². The number of rotatable bonds is 7. The third kappa shape index (κ3) is 4.92. The van der Waals surface area contributed by atoms with Gasteiger partial charge >= 0.3 is 0 Å². The van der Waals surface area contributed by atoms with Gasteiger partial charge in [0.1, 0.15) is 22.2 Å². The monoisotopic (exact) mass is 471 g/mol. The molecule has 0 amide bonds. The van der Waals surface area contributed by atoms with E-state index in [4.69, 9.17) is 4.74 Å². The Morgan fingerprint density at radius 3 is 2.45 bits per heavy atom. The van der Waals surface area contributed by atoms with Gasteiger partial charge in [-0.05, 0) is 35.7 Å². The van der Waals surface area contributed by atoms with Crippen molar-refractivity contribution in [3.63, 3.8) is 0 Å². The first-order valence-electron chi connectivity index (χ1n) is 10.1. The molecule has 0 radical (unpaired) electrons. The molecule has 0 aliphatic carbocycles. The Kier molecular flexibility index (Phi) is 6.92. The van der Waals surface area contributed by atoms with Crippen LogP contribution in [0, 0.1) is 5.82 Å². The summed E-state index contributed by atoms with van der Waals surface area (Å²) in [5, 5.41) is 22.0. The van der Waals surface area contributed by atoms with E-state index in [-0.39, 0.29) is 23.2 Å². The zero-order valence-electron chi connectivity index (χ0n) is 16.8. The van der Waals surface area contributed by atoms with E-state index < -0.39 is 34.4 Å². The molecule has 1 aromatic heterocycles. The van der Waals surface area contributed by atoms with Crippen molar-refractivity contribution < 1.29 is 27.8 Å². The zero-order valence-corrected chi connectivity index (χ0v) is 18.4. The molecule has 4 rings (SSSR count). The van der Waals surface area contributed by atoms with Gasteiger partial charge in [-0.25, -0.2) is 17.5 Å². The van der Waals surface area contributed by atoms with Gasteiger partial charge in [0, 0.05) is 38.4 Å². The molecule has 0 saturated carbocycles. The van der Waals surface area contributed by atoms with Crippen LogP contribution in [0.5, 0.6) is 0 Å². The van der Waals surface area contributed by atoms with Crippen molar-refractivity contribution in [3.05, 3.63) is 47.6 Å². The molecule has 170 valence electrons. The van der Waals surface area contributed by atoms with Crippen molar-refractivity contribution in [2.45, 2.75) is 28.6 Å². The molecular weight excluding hydrogens is 445 g/mol. The van der Waals surface area contributed by atoms with E-state index in [1.807, 2.05) is 0 Å². The fraction of sp³-hybridized carbons (Fsp3) is 0.500. The maximum absolute atomic E-state index is 13.2. The van der Waals surface area contributed by atoms with Gasteiger partial charge in [-0.15, -0.1) is 11.3 Å². The normalized spacial score (nSPS) is 27.6. The minimum atomic E-state index is -3.66. The van der Waals surface area contributed by atoms with Crippen LogP contribution in [0.4, 0.5) is 10.1 Å². The summed E-state index contributed by atoms with van der Waals surface area (Å²) < 4.78 is 46.7. The highest BCUT2D eigenvalue weighted by Crippen LogP contribution is 2.28. The van der Waals surface area contributed by atoms with Crippen molar-refractivity contribution >= 4 is 27.0 Å². The average molecular weight is 472 g/mol. The number of aliphatic hydroxyl groups is 2. The van der Waals surface area contributed by atoms with E-state index in [1.165, 1.54) is 18.2 Å². The molecule has 11 heteroatoms. The van der Waals surface area contributed by atoms with E-state index in [0.29, 0.717) is 26.2 Å². The second kappa shape index (κ2) is 9.49. The number of nitrogens with zero attached hydrogens (tertiary/aromatic N) is 2. The van der Waals surface area contributed by atoms with Gasteiger partial charge in [0.25, 0.3) is 0 Å². The number of benzene rings is 1. The second-order valence-electron chi connectivity index (χ2n) is 7.66. The lowest BCUT2D eigenvalue weighted by Gasteiger charge is -2.41. The smallest absolute Gasteiger partial charge is 0.250 e. The van der Waals surface area contributed by atoms with E-state index >= 15 is 0 Å². The first-order valence-corrected chi connectivity index (χ1v) is 12.5. The summed E-state index contributed by atoms with van der Waals surface area (Å²) >= 11 is 1.13. The lowest BCUT2D eigenvalue weighted by Crippen LogP contribution is -2.57. The number of hydrogen-bond acceptors (Lipinski definition) is 8. The number of nitrogens with one attached hydrogen (secondary N) is 1. The average Bonchev–Trinajstić information content (AvgIpc) is 3.42. The van der Waals surface area contributed by atoms with Crippen LogP contribution in [0.25, 0.3) is 0 Å². The molecule has 8 nitrogen and oxygen atoms in total. The van der Waals surface area contributed by atoms with E-state index in [9.17, 15) is 23.0 Å². The largest absolute Gasteiger partial charge is 0.394 e. The van der Waals surface area contributed by atoms with Gasteiger partial charge < -0.3 is 19.8 Å². The van der Waals surface area contributed by atoms with E-state index in [0.717, 1.165) is 17.0 Å². The van der Waals surface area contributed by atoms with Crippen molar-refractivity contribution in [3.8, 4) is 0 Å². The predicted octanol–water partition coefficient (Wildman–Crippen LogP) is 0.477. The Morgan fingerprint density at radius 2 is 1.84 bits per heavy atom. The summed E-state index contributed by atoms with van der Waals surface area (Å²) in [6, 6.07) is 9.08. The van der Waals surface area contributed by atoms with Crippen LogP contribution >= 0.6 is 11.3 Å². The van der Waals surface area contributed by atoms with Crippen LogP contribution in [0.3, 0.4) is 0 Å². The number of sulfonamides is 1. The van der Waals surface area contributed by atoms with Crippen LogP contribution in [0.15, 0.2) is 46.0 Å². The molecule has 1 aromatic carbocycles. The standard InChI is InChI=1S/C20H26FN3O5S2/c21-14-3-5-15(6-4-14)23-7-9-24(10-8-23)19-16(29-17(13-25)20(19)26)12-22-31(27,28)18-2-1-11-30-18/h1-6,11,16-17,19-20,22,25-26H,7-10,12-13H2/t16-,17+,19+,20-/m1/s1. The topological polar surface area (TPSA) is 102 Å². The quantitative estimate of drug-likeness (QED) is 0.540. The molecule has 2 fully saturated rings. The molecule has 0 bridgehead atoms. The Labute approximate surface area is 184 Å². The number of piperazine rings is 1. The molecule has 3 heterocycles. The summed E-state index contributed by atoms with van der Waals surface area (Å²) in [7, 11) is -3.66. The molecule has 2 saturated heterocycles. The molecule has 0 unspecified atom stereocenters. The van der Waals surface area contributed by atoms with Crippen LogP contribution < -0.4 is 9.62 Å². The highest BCUT2D eigenvalue weighted by Gasteiger charge is 2.47. The fourth-order valence-electron chi connectivity index (χ4n) is 4.21. The maximum atomic E-state index is 13.2. The fourth-order valence-corrected chi connectivity index (χ4v) is 6.29. The molecular formula is C20H26FN3O5S2. The molecule has 2 aliphatic heterocycles. The summed E-state index contributed by atoms with van der Waals surface area (Å²) in [5.41, 5.74) is 0.928. The summed E-state index contributed by atoms with van der Waals surface area (Å²) in [6.07, 6.45) is -2.30. The number of ether oxygens (including phenoxy) is 1. The van der Waals surface area contributed by atoms with Crippen molar-refractivity contribution in [2.75, 3.05) is 44.2 Å². The number of hydrogen-bond donors (Lipinski definition) is 3. The van der Waals surface area contributed by atoms with Crippen LogP contribution in [-0.2, 0) is 14.8 Å². The predicted molar refractivity (Wildman–Crippen MR) is 115 cm³/mol. The number of aliphatic hydroxyl groups excluding tert-OH is 2. The molecule has 3 N–H and O–H groups in total. The van der Waals surface area contributed by atoms with Gasteiger partial charge in [0.15, 0.2) is 0 Å². The minimum Gasteiger partial charge on any atom is -0.394 e. The first-order chi connectivity index (χ1) is 14.9. The molecule has 2 aromatic rings. The van der Waals surface area contributed by atoms with Crippen LogP contribution in [-0.4, -0.2) is 87.2 Å². The van der Waals surface area contributed by atoms with Crippen molar-refractivity contribution in [1.82, 2.24) is 9.62 Å². The van der Waals surface area contributed by atoms with Crippen LogP contribution in [0.1, 0.15) is 0 Å². The SMILES string of the molecule is O=S(=O)(NC[C@H]1O[C@@H](CO)[C@@H](O)[C@H]1N1CCN(c2ccc(F)cc2)CC1)c1cccs1. The van der Waals surface area contributed by atoms with E-state index in [1.54, 1.807) is 23.6 Å². The number of thiophene rings is 1. The maximum Gasteiger partial charge on any atom is 0.250 e. The molecule has 0 spiro atoms. The lowest BCUT2D eigenvalue weighted by molar-refractivity contribution is -0.0201. The van der Waals surface area contributed by atoms with Crippen molar-refractivity contribution in [2.24, 2.45) is 0 Å². The van der Waals surface area contributed by atoms with Gasteiger partial charge in [-0.2, -0.15) is 0 Å². The lowest BCUT2D eigenvalue weighted by atomic mass is 10.0. The molecule has 2 aliphatic rings. The van der Waals surface area contributed by atoms with Gasteiger partial charge in [-0.3, -0.25) is 4.90 Å². The molecule has 31 heavy (non-hydrogen) atoms. The second-order valence-corrected chi connectivity index (χ2v) is 10.6. The zero-order chi connectivity index (χ0) is 22.0. The van der Waals surface area contributed by atoms with Gasteiger partial charge in [0.2, 0.25) is 10.0 Å². The Morgan fingerprint density at radius 1 is 1.13 bits per heavy atom. The number of halogens is 1. The molecule has 4 atom stereocenters. The minimum absolute atomic E-state index is 0.00334. The Hall–Kier alpha value is -1.60. The summed E-state index contributed by atoms with van der Waals surface area (Å²) in [6.45, 7) is 2.24. The summed E-state index contributed by atoms with van der Waals surface area (Å²) in [5.74, 6) is -0.281. The van der Waals surface area contributed by atoms with Gasteiger partial charge in [0.05, 0.1) is 18.8 Å². The van der Waals surface area contributed by atoms with Gasteiger partial charge in [-0.1, -0.05) is 6.07 Å². The third-order valence-corrected chi connectivity index (χ3v) is 8.62. The number of anilines is 1. The third-order valence-electron chi connectivity index (χ3n) is 5.80. The Balaban J connectivity index is 1.42. The van der Waals surface area contributed by atoms with Crippen LogP contribution in [0.2, 0.25) is 0 Å². The van der Waals surface area contributed by atoms with E-state index in [2.05, 4.69) is 14.5 Å². The first kappa shape index (κ1) is 22.6. The highest BCUT2D eigenvalue weighted by atomic mass is 32.2. The summed E-state index contributed by atoms with van der Waals surface area (Å²) in [4.78, 5) is 4.21. The Bertz CT molecular complexity index is 950. The highest BCUT2D eigenvalue weighted by molar-refractivity contribution is 7.91.